The molecule has 2 aromatic rings. The Morgan fingerprint density at radius 1 is 1.12 bits per heavy atom. The van der Waals surface area contributed by atoms with Crippen molar-refractivity contribution in [1.82, 2.24) is 0 Å². The average Bonchev–Trinajstić information content (AvgIpc) is 2.92. The molecule has 0 saturated heterocycles. The highest BCUT2D eigenvalue weighted by molar-refractivity contribution is 7.17. The van der Waals surface area contributed by atoms with E-state index < -0.39 is 16.9 Å². The molecule has 25 heavy (non-hydrogen) atoms. The number of carbonyl (C=O) groups excluding carboxylic acids is 2. The Hall–Kier alpha value is -2.94. The van der Waals surface area contributed by atoms with Crippen molar-refractivity contribution >= 4 is 39.7 Å². The fraction of sp³-hybridized carbons (Fsp3) is 0.250. The molecule has 130 valence electrons. The third kappa shape index (κ3) is 3.61. The van der Waals surface area contributed by atoms with Crippen LogP contribution in [0.3, 0.4) is 0 Å². The first-order valence-corrected chi connectivity index (χ1v) is 8.54. The van der Waals surface area contributed by atoms with E-state index >= 15 is 0 Å². The maximum atomic E-state index is 12.2. The van der Waals surface area contributed by atoms with Gasteiger partial charge in [-0.15, -0.1) is 11.3 Å². The lowest BCUT2D eigenvalue weighted by molar-refractivity contribution is -0.384. The molecule has 1 aliphatic carbocycles. The smallest absolute Gasteiger partial charge is 0.324 e. The summed E-state index contributed by atoms with van der Waals surface area (Å²) in [6, 6.07) is 4.94. The van der Waals surface area contributed by atoms with Gasteiger partial charge in [0.05, 0.1) is 10.5 Å². The van der Waals surface area contributed by atoms with Crippen molar-refractivity contribution in [1.29, 1.82) is 0 Å². The highest BCUT2D eigenvalue weighted by Gasteiger charge is 2.24. The molecule has 1 aromatic heterocycles. The van der Waals surface area contributed by atoms with Gasteiger partial charge in [0.2, 0.25) is 0 Å². The molecule has 1 aliphatic rings. The SMILES string of the molecule is NC(=O)c1c(NC(=O)Nc2ccc([N+](=O)[O-])cc2)sc2c1CCCC2. The van der Waals surface area contributed by atoms with Gasteiger partial charge in [-0.25, -0.2) is 4.79 Å². The zero-order valence-electron chi connectivity index (χ0n) is 13.2. The summed E-state index contributed by atoms with van der Waals surface area (Å²) in [6.45, 7) is 0. The molecule has 1 heterocycles. The zero-order valence-corrected chi connectivity index (χ0v) is 14.0. The van der Waals surface area contributed by atoms with Gasteiger partial charge >= 0.3 is 6.03 Å². The van der Waals surface area contributed by atoms with Crippen LogP contribution in [0.1, 0.15) is 33.6 Å². The molecule has 0 radical (unpaired) electrons. The quantitative estimate of drug-likeness (QED) is 0.571. The third-order valence-electron chi connectivity index (χ3n) is 3.98. The predicted molar refractivity (Wildman–Crippen MR) is 95.2 cm³/mol. The van der Waals surface area contributed by atoms with E-state index in [0.717, 1.165) is 36.1 Å². The first kappa shape index (κ1) is 16.9. The Morgan fingerprint density at radius 3 is 2.44 bits per heavy atom. The van der Waals surface area contributed by atoms with Crippen LogP contribution in [0.25, 0.3) is 0 Å². The van der Waals surface area contributed by atoms with Crippen molar-refractivity contribution in [2.45, 2.75) is 25.7 Å². The summed E-state index contributed by atoms with van der Waals surface area (Å²) < 4.78 is 0. The van der Waals surface area contributed by atoms with Crippen LogP contribution in [0.4, 0.5) is 21.2 Å². The van der Waals surface area contributed by atoms with Gasteiger partial charge in [0, 0.05) is 22.7 Å². The fourth-order valence-corrected chi connectivity index (χ4v) is 4.14. The predicted octanol–water partition coefficient (Wildman–Crippen LogP) is 3.28. The minimum atomic E-state index is -0.551. The first-order valence-electron chi connectivity index (χ1n) is 7.72. The maximum Gasteiger partial charge on any atom is 0.324 e. The number of non-ortho nitro benzene ring substituents is 1. The molecule has 0 atom stereocenters. The summed E-state index contributed by atoms with van der Waals surface area (Å²) in [5.74, 6) is -0.551. The molecule has 1 aromatic carbocycles. The van der Waals surface area contributed by atoms with Gasteiger partial charge in [0.25, 0.3) is 11.6 Å². The highest BCUT2D eigenvalue weighted by Crippen LogP contribution is 2.37. The van der Waals surface area contributed by atoms with E-state index in [9.17, 15) is 19.7 Å². The summed E-state index contributed by atoms with van der Waals surface area (Å²) in [6.07, 6.45) is 3.72. The fourth-order valence-electron chi connectivity index (χ4n) is 2.85. The Balaban J connectivity index is 1.75. The molecular weight excluding hydrogens is 344 g/mol. The summed E-state index contributed by atoms with van der Waals surface area (Å²) in [7, 11) is 0. The maximum absolute atomic E-state index is 12.2. The van der Waals surface area contributed by atoms with E-state index in [4.69, 9.17) is 5.73 Å². The number of carbonyl (C=O) groups is 2. The number of nitrogens with two attached hydrogens (primary N) is 1. The molecule has 3 amide bonds. The third-order valence-corrected chi connectivity index (χ3v) is 5.19. The Bertz CT molecular complexity index is 845. The number of nitrogens with one attached hydrogen (secondary N) is 2. The van der Waals surface area contributed by atoms with Crippen molar-refractivity contribution in [3.63, 3.8) is 0 Å². The number of rotatable bonds is 4. The summed E-state index contributed by atoms with van der Waals surface area (Å²) in [4.78, 5) is 35.2. The van der Waals surface area contributed by atoms with Crippen molar-refractivity contribution in [3.8, 4) is 0 Å². The summed E-state index contributed by atoms with van der Waals surface area (Å²) in [5.41, 5.74) is 7.16. The standard InChI is InChI=1S/C16H16N4O4S/c17-14(21)13-11-3-1-2-4-12(11)25-15(13)19-16(22)18-9-5-7-10(8-6-9)20(23)24/h5-8H,1-4H2,(H2,17,21)(H2,18,19,22). The number of thiophene rings is 1. The topological polar surface area (TPSA) is 127 Å². The van der Waals surface area contributed by atoms with E-state index in [0.29, 0.717) is 16.3 Å². The Kier molecular flexibility index (Phi) is 4.66. The van der Waals surface area contributed by atoms with E-state index in [1.54, 1.807) is 0 Å². The van der Waals surface area contributed by atoms with E-state index in [2.05, 4.69) is 10.6 Å². The molecule has 9 heteroatoms. The molecule has 4 N–H and O–H groups in total. The van der Waals surface area contributed by atoms with Crippen LogP contribution in [0.2, 0.25) is 0 Å². The largest absolute Gasteiger partial charge is 0.365 e. The van der Waals surface area contributed by atoms with Gasteiger partial charge < -0.3 is 11.1 Å². The van der Waals surface area contributed by atoms with Gasteiger partial charge in [0.1, 0.15) is 5.00 Å². The minimum Gasteiger partial charge on any atom is -0.365 e. The van der Waals surface area contributed by atoms with Crippen molar-refractivity contribution in [2.75, 3.05) is 10.6 Å². The number of anilines is 2. The number of fused-ring (bicyclic) bond motifs is 1. The molecule has 3 rings (SSSR count). The second-order valence-electron chi connectivity index (χ2n) is 5.66. The lowest BCUT2D eigenvalue weighted by Crippen LogP contribution is -2.22. The van der Waals surface area contributed by atoms with E-state index in [1.807, 2.05) is 0 Å². The second kappa shape index (κ2) is 6.89. The van der Waals surface area contributed by atoms with Crippen LogP contribution >= 0.6 is 11.3 Å². The Morgan fingerprint density at radius 2 is 1.80 bits per heavy atom. The van der Waals surface area contributed by atoms with Gasteiger partial charge in [-0.05, 0) is 43.4 Å². The molecule has 0 aliphatic heterocycles. The molecule has 0 saturated carbocycles. The highest BCUT2D eigenvalue weighted by atomic mass is 32.1. The number of nitro groups is 1. The number of hydrogen-bond acceptors (Lipinski definition) is 5. The van der Waals surface area contributed by atoms with Crippen LogP contribution in [-0.2, 0) is 12.8 Å². The molecule has 8 nitrogen and oxygen atoms in total. The second-order valence-corrected chi connectivity index (χ2v) is 6.77. The number of aryl methyl sites for hydroxylation is 1. The van der Waals surface area contributed by atoms with Gasteiger partial charge in [-0.1, -0.05) is 0 Å². The molecule has 0 spiro atoms. The van der Waals surface area contributed by atoms with Crippen LogP contribution in [-0.4, -0.2) is 16.9 Å². The van der Waals surface area contributed by atoms with E-state index in [-0.39, 0.29) is 5.69 Å². The first-order chi connectivity index (χ1) is 12.0. The van der Waals surface area contributed by atoms with Gasteiger partial charge in [-0.2, -0.15) is 0 Å². The monoisotopic (exact) mass is 360 g/mol. The number of hydrogen-bond donors (Lipinski definition) is 3. The van der Waals surface area contributed by atoms with Crippen LogP contribution in [0.5, 0.6) is 0 Å². The summed E-state index contributed by atoms with van der Waals surface area (Å²) >= 11 is 1.37. The number of nitro benzene ring substituents is 1. The minimum absolute atomic E-state index is 0.0621. The Labute approximate surface area is 147 Å². The number of nitrogens with zero attached hydrogens (tertiary/aromatic N) is 1. The van der Waals surface area contributed by atoms with Crippen molar-refractivity contribution in [3.05, 3.63) is 50.4 Å². The molecule has 0 fully saturated rings. The van der Waals surface area contributed by atoms with Crippen molar-refractivity contribution < 1.29 is 14.5 Å². The van der Waals surface area contributed by atoms with Gasteiger partial charge in [-0.3, -0.25) is 20.2 Å². The average molecular weight is 360 g/mol. The summed E-state index contributed by atoms with van der Waals surface area (Å²) in [5, 5.41) is 16.3. The number of primary amides is 1. The molecule has 0 bridgehead atoms. The number of urea groups is 1. The van der Waals surface area contributed by atoms with Crippen molar-refractivity contribution in [2.24, 2.45) is 5.73 Å². The molecule has 0 unspecified atom stereocenters. The zero-order chi connectivity index (χ0) is 18.0. The lowest BCUT2D eigenvalue weighted by atomic mass is 9.95. The van der Waals surface area contributed by atoms with Crippen LogP contribution < -0.4 is 16.4 Å². The number of benzene rings is 1. The molecular formula is C16H16N4O4S. The van der Waals surface area contributed by atoms with Gasteiger partial charge in [0.15, 0.2) is 0 Å². The lowest BCUT2D eigenvalue weighted by Gasteiger charge is -2.11. The number of amides is 3. The van der Waals surface area contributed by atoms with Crippen LogP contribution in [0.15, 0.2) is 24.3 Å². The van der Waals surface area contributed by atoms with Crippen LogP contribution in [0, 0.1) is 10.1 Å². The normalized spacial score (nSPS) is 13.0. The van der Waals surface area contributed by atoms with E-state index in [1.165, 1.54) is 35.6 Å².